The van der Waals surface area contributed by atoms with Gasteiger partial charge in [-0.2, -0.15) is 0 Å². The molecule has 31 heavy (non-hydrogen) atoms. The fourth-order valence-corrected chi connectivity index (χ4v) is 4.35. The third-order valence-electron chi connectivity index (χ3n) is 5.14. The highest BCUT2D eigenvalue weighted by Gasteiger charge is 2.25. The number of urea groups is 1. The van der Waals surface area contributed by atoms with E-state index in [1.165, 1.54) is 11.3 Å². The van der Waals surface area contributed by atoms with E-state index in [0.717, 1.165) is 18.4 Å². The highest BCUT2D eigenvalue weighted by Crippen LogP contribution is 2.25. The average Bonchev–Trinajstić information content (AvgIpc) is 3.27. The maximum atomic E-state index is 12.8. The Morgan fingerprint density at radius 2 is 1.58 bits per heavy atom. The van der Waals surface area contributed by atoms with E-state index in [1.807, 2.05) is 53.4 Å². The van der Waals surface area contributed by atoms with Gasteiger partial charge in [0.25, 0.3) is 5.91 Å². The van der Waals surface area contributed by atoms with Crippen LogP contribution in [0.5, 0.6) is 0 Å². The Kier molecular flexibility index (Phi) is 6.96. The molecule has 1 aliphatic rings. The van der Waals surface area contributed by atoms with E-state index in [0.29, 0.717) is 35.3 Å². The Morgan fingerprint density at radius 3 is 2.29 bits per heavy atom. The Balaban J connectivity index is 1.24. The minimum atomic E-state index is -0.330. The van der Waals surface area contributed by atoms with Crippen LogP contribution in [0.1, 0.15) is 28.1 Å². The molecule has 2 heterocycles. The van der Waals surface area contributed by atoms with Gasteiger partial charge < -0.3 is 15.0 Å². The van der Waals surface area contributed by atoms with Crippen molar-refractivity contribution >= 4 is 34.0 Å². The summed E-state index contributed by atoms with van der Waals surface area (Å²) < 4.78 is 6.01. The highest BCUT2D eigenvalue weighted by atomic mass is 32.1. The molecule has 0 bridgehead atoms. The molecule has 0 atom stereocenters. The molecule has 4 rings (SSSR count). The average molecular weight is 436 g/mol. The summed E-state index contributed by atoms with van der Waals surface area (Å²) in [4.78, 5) is 27.5. The van der Waals surface area contributed by atoms with Gasteiger partial charge in [0.1, 0.15) is 0 Å². The molecule has 0 unspecified atom stereocenters. The molecule has 2 N–H and O–H groups in total. The zero-order valence-corrected chi connectivity index (χ0v) is 17.9. The number of carbonyl (C=O) groups is 2. The first-order valence-electron chi connectivity index (χ1n) is 10.3. The lowest BCUT2D eigenvalue weighted by molar-refractivity contribution is -0.000271. The molecule has 0 saturated carbocycles. The van der Waals surface area contributed by atoms with Gasteiger partial charge in [0.2, 0.25) is 0 Å². The molecule has 6 nitrogen and oxygen atoms in total. The molecule has 2 aromatic carbocycles. The quantitative estimate of drug-likeness (QED) is 0.558. The van der Waals surface area contributed by atoms with Gasteiger partial charge in [0.15, 0.2) is 0 Å². The molecule has 0 aliphatic carbocycles. The van der Waals surface area contributed by atoms with Gasteiger partial charge in [0.05, 0.1) is 22.6 Å². The van der Waals surface area contributed by atoms with E-state index >= 15 is 0 Å². The predicted molar refractivity (Wildman–Crippen MR) is 124 cm³/mol. The molecule has 1 saturated heterocycles. The fourth-order valence-electron chi connectivity index (χ4n) is 3.49. The standard InChI is InChI=1S/C24H25N3O3S/c28-23(27-15-13-20(14-16-27)30-17-18-7-3-1-4-8-18)21-11-12-22(31-21)26-24(29)25-19-9-5-2-6-10-19/h1-12,20H,13-17H2,(H2,25,26,29). The maximum Gasteiger partial charge on any atom is 0.324 e. The van der Waals surface area contributed by atoms with Crippen molar-refractivity contribution in [2.75, 3.05) is 23.7 Å². The molecule has 7 heteroatoms. The molecular weight excluding hydrogens is 410 g/mol. The van der Waals surface area contributed by atoms with Crippen LogP contribution >= 0.6 is 11.3 Å². The summed E-state index contributed by atoms with van der Waals surface area (Å²) in [7, 11) is 0. The Morgan fingerprint density at radius 1 is 0.903 bits per heavy atom. The van der Waals surface area contributed by atoms with Crippen molar-refractivity contribution in [3.63, 3.8) is 0 Å². The number of hydrogen-bond donors (Lipinski definition) is 2. The number of likely N-dealkylation sites (tertiary alicyclic amines) is 1. The largest absolute Gasteiger partial charge is 0.373 e. The third-order valence-corrected chi connectivity index (χ3v) is 6.13. The first-order chi connectivity index (χ1) is 15.2. The number of carbonyl (C=O) groups excluding carboxylic acids is 2. The molecular formula is C24H25N3O3S. The van der Waals surface area contributed by atoms with Crippen LogP contribution in [0.15, 0.2) is 72.8 Å². The van der Waals surface area contributed by atoms with Crippen molar-refractivity contribution in [3.05, 3.63) is 83.2 Å². The molecule has 1 aromatic heterocycles. The Hall–Kier alpha value is -3.16. The molecule has 1 fully saturated rings. The summed E-state index contributed by atoms with van der Waals surface area (Å²) in [6.07, 6.45) is 1.83. The number of rotatable bonds is 6. The number of anilines is 2. The fraction of sp³-hybridized carbons (Fsp3) is 0.250. The van der Waals surface area contributed by atoms with Crippen molar-refractivity contribution < 1.29 is 14.3 Å². The van der Waals surface area contributed by atoms with Crippen LogP contribution in [0.3, 0.4) is 0 Å². The summed E-state index contributed by atoms with van der Waals surface area (Å²) in [6.45, 7) is 1.95. The Bertz CT molecular complexity index is 999. The molecule has 3 aromatic rings. The third kappa shape index (κ3) is 5.93. The summed E-state index contributed by atoms with van der Waals surface area (Å²) in [6, 6.07) is 22.6. The number of nitrogens with one attached hydrogen (secondary N) is 2. The van der Waals surface area contributed by atoms with Crippen LogP contribution in [0.2, 0.25) is 0 Å². The summed E-state index contributed by atoms with van der Waals surface area (Å²) >= 11 is 1.29. The summed E-state index contributed by atoms with van der Waals surface area (Å²) in [5.41, 5.74) is 1.88. The normalized spacial score (nSPS) is 14.3. The topological polar surface area (TPSA) is 70.7 Å². The second-order valence-electron chi connectivity index (χ2n) is 7.40. The number of benzene rings is 2. The molecule has 0 radical (unpaired) electrons. The van der Waals surface area contributed by atoms with Crippen LogP contribution in [0, 0.1) is 0 Å². The number of nitrogens with zero attached hydrogens (tertiary/aromatic N) is 1. The van der Waals surface area contributed by atoms with Gasteiger partial charge in [-0.1, -0.05) is 48.5 Å². The number of thiophene rings is 1. The molecule has 3 amide bonds. The second-order valence-corrected chi connectivity index (χ2v) is 8.48. The summed E-state index contributed by atoms with van der Waals surface area (Å²) in [5, 5.41) is 6.19. The Labute approximate surface area is 185 Å². The summed E-state index contributed by atoms with van der Waals surface area (Å²) in [5.74, 6) is 0.00280. The highest BCUT2D eigenvalue weighted by molar-refractivity contribution is 7.18. The van der Waals surface area contributed by atoms with Crippen molar-refractivity contribution in [3.8, 4) is 0 Å². The van der Waals surface area contributed by atoms with Crippen LogP contribution in [-0.4, -0.2) is 36.0 Å². The van der Waals surface area contributed by atoms with Crippen molar-refractivity contribution in [1.29, 1.82) is 0 Å². The van der Waals surface area contributed by atoms with Crippen LogP contribution in [0.4, 0.5) is 15.5 Å². The number of amides is 3. The number of ether oxygens (including phenoxy) is 1. The van der Waals surface area contributed by atoms with Crippen LogP contribution < -0.4 is 10.6 Å². The zero-order valence-electron chi connectivity index (χ0n) is 17.1. The van der Waals surface area contributed by atoms with E-state index in [9.17, 15) is 9.59 Å². The van der Waals surface area contributed by atoms with Gasteiger partial charge in [-0.15, -0.1) is 11.3 Å². The van der Waals surface area contributed by atoms with Crippen molar-refractivity contribution in [2.24, 2.45) is 0 Å². The molecule has 1 aliphatic heterocycles. The lowest BCUT2D eigenvalue weighted by Crippen LogP contribution is -2.40. The SMILES string of the molecule is O=C(Nc1ccccc1)Nc1ccc(C(=O)N2CCC(OCc3ccccc3)CC2)s1. The van der Waals surface area contributed by atoms with Gasteiger partial charge >= 0.3 is 6.03 Å². The second kappa shape index (κ2) is 10.2. The van der Waals surface area contributed by atoms with Gasteiger partial charge in [-0.3, -0.25) is 10.1 Å². The number of piperidine rings is 1. The van der Waals surface area contributed by atoms with Crippen molar-refractivity contribution in [2.45, 2.75) is 25.6 Å². The van der Waals surface area contributed by atoms with Crippen LogP contribution in [-0.2, 0) is 11.3 Å². The minimum absolute atomic E-state index is 0.00280. The lowest BCUT2D eigenvalue weighted by Gasteiger charge is -2.31. The van der Waals surface area contributed by atoms with Crippen LogP contribution in [0.25, 0.3) is 0 Å². The first-order valence-corrected chi connectivity index (χ1v) is 11.2. The monoisotopic (exact) mass is 435 g/mol. The van der Waals surface area contributed by atoms with E-state index in [-0.39, 0.29) is 18.0 Å². The van der Waals surface area contributed by atoms with Gasteiger partial charge in [-0.25, -0.2) is 4.79 Å². The maximum absolute atomic E-state index is 12.8. The van der Waals surface area contributed by atoms with E-state index in [4.69, 9.17) is 4.74 Å². The number of para-hydroxylation sites is 1. The zero-order chi connectivity index (χ0) is 21.5. The van der Waals surface area contributed by atoms with Gasteiger partial charge in [-0.05, 0) is 42.7 Å². The van der Waals surface area contributed by atoms with E-state index in [1.54, 1.807) is 12.1 Å². The predicted octanol–water partition coefficient (Wildman–Crippen LogP) is 5.21. The molecule has 0 spiro atoms. The first kappa shape index (κ1) is 21.1. The minimum Gasteiger partial charge on any atom is -0.373 e. The van der Waals surface area contributed by atoms with E-state index < -0.39 is 0 Å². The smallest absolute Gasteiger partial charge is 0.324 e. The molecule has 160 valence electrons. The number of hydrogen-bond acceptors (Lipinski definition) is 4. The lowest BCUT2D eigenvalue weighted by atomic mass is 10.1. The van der Waals surface area contributed by atoms with E-state index in [2.05, 4.69) is 22.8 Å². The van der Waals surface area contributed by atoms with Gasteiger partial charge in [0, 0.05) is 18.8 Å². The van der Waals surface area contributed by atoms with Crippen molar-refractivity contribution in [1.82, 2.24) is 4.90 Å².